The molecule has 0 aliphatic carbocycles. The fourth-order valence-corrected chi connectivity index (χ4v) is 3.12. The van der Waals surface area contributed by atoms with Gasteiger partial charge in [-0.25, -0.2) is 4.98 Å². The first-order valence-corrected chi connectivity index (χ1v) is 6.93. The van der Waals surface area contributed by atoms with E-state index in [2.05, 4.69) is 36.0 Å². The predicted octanol–water partition coefficient (Wildman–Crippen LogP) is 2.37. The standard InChI is InChI=1S/C12H21N3S/c1-9(2)11-14-10(3)12(16-11)15-7-4-5-13-6-8-15/h9,13H,4-8H2,1-3H3. The molecule has 2 rings (SSSR count). The first-order valence-electron chi connectivity index (χ1n) is 6.11. The molecule has 4 heteroatoms. The van der Waals surface area contributed by atoms with Crippen LogP contribution in [0.5, 0.6) is 0 Å². The van der Waals surface area contributed by atoms with Gasteiger partial charge in [0.15, 0.2) is 0 Å². The van der Waals surface area contributed by atoms with Crippen LogP contribution in [-0.2, 0) is 0 Å². The Kier molecular flexibility index (Phi) is 3.82. The average molecular weight is 239 g/mol. The number of rotatable bonds is 2. The largest absolute Gasteiger partial charge is 0.361 e. The second-order valence-corrected chi connectivity index (χ2v) is 5.70. The first kappa shape index (κ1) is 11.9. The van der Waals surface area contributed by atoms with Gasteiger partial charge in [-0.3, -0.25) is 0 Å². The summed E-state index contributed by atoms with van der Waals surface area (Å²) in [4.78, 5) is 7.16. The SMILES string of the molecule is Cc1nc(C(C)C)sc1N1CCCNCC1. The molecule has 1 fully saturated rings. The van der Waals surface area contributed by atoms with Crippen molar-refractivity contribution in [2.24, 2.45) is 0 Å². The normalized spacial score (nSPS) is 17.9. The summed E-state index contributed by atoms with van der Waals surface area (Å²) in [5.41, 5.74) is 1.20. The van der Waals surface area contributed by atoms with Crippen LogP contribution in [0.1, 0.15) is 36.9 Å². The summed E-state index contributed by atoms with van der Waals surface area (Å²) in [5, 5.41) is 6.09. The lowest BCUT2D eigenvalue weighted by Gasteiger charge is -2.20. The number of thiazole rings is 1. The predicted molar refractivity (Wildman–Crippen MR) is 70.6 cm³/mol. The van der Waals surface area contributed by atoms with E-state index in [4.69, 9.17) is 0 Å². The molecule has 1 saturated heterocycles. The van der Waals surface area contributed by atoms with Crippen molar-refractivity contribution in [1.82, 2.24) is 10.3 Å². The van der Waals surface area contributed by atoms with Crippen LogP contribution < -0.4 is 10.2 Å². The van der Waals surface area contributed by atoms with Crippen LogP contribution in [0.2, 0.25) is 0 Å². The summed E-state index contributed by atoms with van der Waals surface area (Å²) in [5.74, 6) is 0.544. The van der Waals surface area contributed by atoms with Crippen molar-refractivity contribution in [3.63, 3.8) is 0 Å². The van der Waals surface area contributed by atoms with Gasteiger partial charge < -0.3 is 10.2 Å². The van der Waals surface area contributed by atoms with E-state index in [-0.39, 0.29) is 0 Å². The Morgan fingerprint density at radius 1 is 1.31 bits per heavy atom. The van der Waals surface area contributed by atoms with Crippen LogP contribution in [-0.4, -0.2) is 31.2 Å². The van der Waals surface area contributed by atoms with Gasteiger partial charge in [-0.05, 0) is 19.9 Å². The van der Waals surface area contributed by atoms with E-state index in [0.29, 0.717) is 5.92 Å². The molecular weight excluding hydrogens is 218 g/mol. The number of nitrogens with one attached hydrogen (secondary N) is 1. The molecule has 0 aromatic carbocycles. The fourth-order valence-electron chi connectivity index (χ4n) is 2.00. The maximum atomic E-state index is 4.67. The summed E-state index contributed by atoms with van der Waals surface area (Å²) >= 11 is 1.87. The van der Waals surface area contributed by atoms with E-state index in [0.717, 1.165) is 26.2 Å². The Labute approximate surface area is 102 Å². The van der Waals surface area contributed by atoms with Gasteiger partial charge in [-0.1, -0.05) is 13.8 Å². The Bertz CT molecular complexity index is 338. The van der Waals surface area contributed by atoms with E-state index < -0.39 is 0 Å². The highest BCUT2D eigenvalue weighted by atomic mass is 32.1. The minimum Gasteiger partial charge on any atom is -0.361 e. The van der Waals surface area contributed by atoms with Gasteiger partial charge in [0.05, 0.1) is 10.7 Å². The van der Waals surface area contributed by atoms with E-state index in [1.807, 2.05) is 11.3 Å². The van der Waals surface area contributed by atoms with Gasteiger partial charge in [-0.2, -0.15) is 0 Å². The number of nitrogens with zero attached hydrogens (tertiary/aromatic N) is 2. The monoisotopic (exact) mass is 239 g/mol. The molecule has 16 heavy (non-hydrogen) atoms. The highest BCUT2D eigenvalue weighted by Crippen LogP contribution is 2.32. The minimum absolute atomic E-state index is 0.544. The highest BCUT2D eigenvalue weighted by Gasteiger charge is 2.17. The minimum atomic E-state index is 0.544. The molecule has 1 aliphatic rings. The van der Waals surface area contributed by atoms with Crippen molar-refractivity contribution < 1.29 is 0 Å². The average Bonchev–Trinajstić information content (AvgIpc) is 2.50. The highest BCUT2D eigenvalue weighted by molar-refractivity contribution is 7.16. The maximum absolute atomic E-state index is 4.67. The Hall–Kier alpha value is -0.610. The third kappa shape index (κ3) is 2.55. The van der Waals surface area contributed by atoms with E-state index in [1.54, 1.807) is 0 Å². The lowest BCUT2D eigenvalue weighted by molar-refractivity contribution is 0.724. The molecule has 0 saturated carbocycles. The lowest BCUT2D eigenvalue weighted by atomic mass is 10.2. The first-order chi connectivity index (χ1) is 7.68. The molecule has 1 aromatic heterocycles. The molecule has 0 atom stereocenters. The lowest BCUT2D eigenvalue weighted by Crippen LogP contribution is -2.27. The second kappa shape index (κ2) is 5.15. The van der Waals surface area contributed by atoms with E-state index in [9.17, 15) is 0 Å². The molecular formula is C12H21N3S. The topological polar surface area (TPSA) is 28.2 Å². The molecule has 0 bridgehead atoms. The molecule has 1 aliphatic heterocycles. The summed E-state index contributed by atoms with van der Waals surface area (Å²) in [6, 6.07) is 0. The zero-order chi connectivity index (χ0) is 11.5. The number of aryl methyl sites for hydroxylation is 1. The van der Waals surface area contributed by atoms with Crippen LogP contribution in [0, 0.1) is 6.92 Å². The third-order valence-electron chi connectivity index (χ3n) is 2.91. The van der Waals surface area contributed by atoms with Gasteiger partial charge in [-0.15, -0.1) is 11.3 Å². The Morgan fingerprint density at radius 3 is 2.81 bits per heavy atom. The molecule has 1 N–H and O–H groups in total. The Morgan fingerprint density at radius 2 is 2.12 bits per heavy atom. The number of aromatic nitrogens is 1. The summed E-state index contributed by atoms with van der Waals surface area (Å²) < 4.78 is 0. The molecule has 0 unspecified atom stereocenters. The van der Waals surface area contributed by atoms with E-state index in [1.165, 1.54) is 22.1 Å². The molecule has 2 heterocycles. The van der Waals surface area contributed by atoms with Crippen LogP contribution in [0.4, 0.5) is 5.00 Å². The second-order valence-electron chi connectivity index (χ2n) is 4.69. The van der Waals surface area contributed by atoms with Crippen molar-refractivity contribution >= 4 is 16.3 Å². The van der Waals surface area contributed by atoms with Gasteiger partial charge >= 0.3 is 0 Å². The molecule has 0 amide bonds. The van der Waals surface area contributed by atoms with Crippen LogP contribution in [0.15, 0.2) is 0 Å². The molecule has 0 radical (unpaired) electrons. The van der Waals surface area contributed by atoms with Crippen molar-refractivity contribution in [3.05, 3.63) is 10.7 Å². The smallest absolute Gasteiger partial charge is 0.114 e. The van der Waals surface area contributed by atoms with Crippen LogP contribution >= 0.6 is 11.3 Å². The quantitative estimate of drug-likeness (QED) is 0.859. The number of hydrogen-bond acceptors (Lipinski definition) is 4. The third-order valence-corrected chi connectivity index (χ3v) is 4.43. The zero-order valence-electron chi connectivity index (χ0n) is 10.4. The summed E-state index contributed by atoms with van der Waals surface area (Å²) in [6.45, 7) is 11.1. The van der Waals surface area contributed by atoms with Crippen molar-refractivity contribution in [2.75, 3.05) is 31.1 Å². The number of hydrogen-bond donors (Lipinski definition) is 1. The van der Waals surface area contributed by atoms with Crippen LogP contribution in [0.3, 0.4) is 0 Å². The van der Waals surface area contributed by atoms with Crippen molar-refractivity contribution in [1.29, 1.82) is 0 Å². The van der Waals surface area contributed by atoms with E-state index >= 15 is 0 Å². The maximum Gasteiger partial charge on any atom is 0.114 e. The van der Waals surface area contributed by atoms with Crippen LogP contribution in [0.25, 0.3) is 0 Å². The van der Waals surface area contributed by atoms with Gasteiger partial charge in [0.1, 0.15) is 5.00 Å². The molecule has 90 valence electrons. The zero-order valence-corrected chi connectivity index (χ0v) is 11.2. The fraction of sp³-hybridized carbons (Fsp3) is 0.750. The molecule has 1 aromatic rings. The van der Waals surface area contributed by atoms with Crippen molar-refractivity contribution in [2.45, 2.75) is 33.1 Å². The summed E-state index contributed by atoms with van der Waals surface area (Å²) in [6.07, 6.45) is 1.23. The van der Waals surface area contributed by atoms with Gasteiger partial charge in [0.25, 0.3) is 0 Å². The number of anilines is 1. The van der Waals surface area contributed by atoms with Crippen molar-refractivity contribution in [3.8, 4) is 0 Å². The summed E-state index contributed by atoms with van der Waals surface area (Å²) in [7, 11) is 0. The van der Waals surface area contributed by atoms with Gasteiger partial charge in [0.2, 0.25) is 0 Å². The molecule has 0 spiro atoms. The molecule has 3 nitrogen and oxygen atoms in total. The van der Waals surface area contributed by atoms with Gasteiger partial charge in [0, 0.05) is 25.6 Å². The Balaban J connectivity index is 2.17.